The molecule has 1 fully saturated rings. The normalized spacial score (nSPS) is 15.4. The van der Waals surface area contributed by atoms with Gasteiger partial charge in [-0.1, -0.05) is 12.1 Å². The molecule has 0 bridgehead atoms. The largest absolute Gasteiger partial charge is 0.346 e. The van der Waals surface area contributed by atoms with Gasteiger partial charge >= 0.3 is 0 Å². The van der Waals surface area contributed by atoms with E-state index >= 15 is 0 Å². The molecule has 2 rings (SSSR count). The molecule has 1 aliphatic rings. The third kappa shape index (κ3) is 4.59. The molecule has 1 aromatic carbocycles. The molecule has 0 saturated carbocycles. The van der Waals surface area contributed by atoms with Crippen LogP contribution in [-0.4, -0.2) is 32.7 Å². The van der Waals surface area contributed by atoms with Crippen LogP contribution in [0.15, 0.2) is 24.3 Å². The summed E-state index contributed by atoms with van der Waals surface area (Å²) in [6.45, 7) is 2.22. The topological polar surface area (TPSA) is 59.6 Å². The van der Waals surface area contributed by atoms with Crippen LogP contribution >= 0.6 is 0 Å². The van der Waals surface area contributed by atoms with Crippen LogP contribution in [0.2, 0.25) is 0 Å². The second-order valence-electron chi connectivity index (χ2n) is 4.80. The van der Waals surface area contributed by atoms with Crippen molar-refractivity contribution in [2.75, 3.05) is 32.1 Å². The van der Waals surface area contributed by atoms with E-state index in [2.05, 4.69) is 10.6 Å². The fourth-order valence-corrected chi connectivity index (χ4v) is 2.09. The molecule has 0 aliphatic carbocycles. The zero-order valence-corrected chi connectivity index (χ0v) is 11.9. The summed E-state index contributed by atoms with van der Waals surface area (Å²) < 4.78 is 10.8. The maximum Gasteiger partial charge on any atom is 0.224 e. The number of anilines is 1. The highest BCUT2D eigenvalue weighted by Gasteiger charge is 2.17. The molecule has 0 radical (unpaired) electrons. The first-order valence-corrected chi connectivity index (χ1v) is 7.07. The van der Waals surface area contributed by atoms with Crippen LogP contribution < -0.4 is 10.6 Å². The molecule has 1 aromatic rings. The molecule has 0 spiro atoms. The lowest BCUT2D eigenvalue weighted by Gasteiger charge is -2.10. The molecule has 110 valence electrons. The van der Waals surface area contributed by atoms with Gasteiger partial charge < -0.3 is 20.1 Å². The van der Waals surface area contributed by atoms with E-state index in [4.69, 9.17) is 9.47 Å². The highest BCUT2D eigenvalue weighted by molar-refractivity contribution is 5.90. The molecule has 20 heavy (non-hydrogen) atoms. The molecule has 5 nitrogen and oxygen atoms in total. The Morgan fingerprint density at radius 3 is 2.55 bits per heavy atom. The van der Waals surface area contributed by atoms with Crippen LogP contribution in [0, 0.1) is 0 Å². The van der Waals surface area contributed by atoms with Crippen LogP contribution in [0.3, 0.4) is 0 Å². The zero-order valence-electron chi connectivity index (χ0n) is 11.9. The number of benzene rings is 1. The fraction of sp³-hybridized carbons (Fsp3) is 0.533. The summed E-state index contributed by atoms with van der Waals surface area (Å²) in [5, 5.41) is 5.96. The van der Waals surface area contributed by atoms with Gasteiger partial charge in [0.1, 0.15) is 0 Å². The Balaban J connectivity index is 1.76. The third-order valence-electron chi connectivity index (χ3n) is 3.17. The van der Waals surface area contributed by atoms with Gasteiger partial charge in [-0.3, -0.25) is 4.79 Å². The van der Waals surface area contributed by atoms with E-state index < -0.39 is 0 Å². The Morgan fingerprint density at radius 2 is 1.90 bits per heavy atom. The van der Waals surface area contributed by atoms with E-state index in [9.17, 15) is 4.79 Å². The van der Waals surface area contributed by atoms with E-state index in [1.54, 1.807) is 0 Å². The molecule has 0 unspecified atom stereocenters. The predicted octanol–water partition coefficient (Wildman–Crippen LogP) is 2.06. The third-order valence-corrected chi connectivity index (χ3v) is 3.17. The quantitative estimate of drug-likeness (QED) is 0.750. The lowest BCUT2D eigenvalue weighted by atomic mass is 10.2. The monoisotopic (exact) mass is 278 g/mol. The molecule has 1 amide bonds. The van der Waals surface area contributed by atoms with Crippen molar-refractivity contribution in [3.63, 3.8) is 0 Å². The molecule has 0 atom stereocenters. The molecule has 0 aromatic heterocycles. The van der Waals surface area contributed by atoms with Crippen molar-refractivity contribution in [1.82, 2.24) is 5.32 Å². The van der Waals surface area contributed by atoms with Crippen LogP contribution in [-0.2, 0) is 14.3 Å². The lowest BCUT2D eigenvalue weighted by Crippen LogP contribution is -2.13. The van der Waals surface area contributed by atoms with Crippen LogP contribution in [0.4, 0.5) is 5.69 Å². The minimum absolute atomic E-state index is 0.0576. The number of amides is 1. The number of carbonyl (C=O) groups excluding carboxylic acids is 1. The Hall–Kier alpha value is -1.43. The summed E-state index contributed by atoms with van der Waals surface area (Å²) in [6, 6.07) is 7.61. The number of unbranched alkanes of at least 4 members (excludes halogenated alkanes) is 1. The van der Waals surface area contributed by atoms with Crippen molar-refractivity contribution in [2.24, 2.45) is 0 Å². The number of hydrogen-bond donors (Lipinski definition) is 2. The van der Waals surface area contributed by atoms with Crippen LogP contribution in [0.25, 0.3) is 0 Å². The average molecular weight is 278 g/mol. The Bertz CT molecular complexity index is 414. The number of hydrogen-bond acceptors (Lipinski definition) is 4. The molecule has 1 heterocycles. The molecular weight excluding hydrogens is 256 g/mol. The van der Waals surface area contributed by atoms with Gasteiger partial charge in [0.2, 0.25) is 5.91 Å². The number of rotatable bonds is 7. The first-order valence-electron chi connectivity index (χ1n) is 7.07. The number of carbonyl (C=O) groups is 1. The summed E-state index contributed by atoms with van der Waals surface area (Å²) in [5.74, 6) is 0.0576. The van der Waals surface area contributed by atoms with E-state index in [1.807, 2.05) is 31.3 Å². The first kappa shape index (κ1) is 15.0. The SMILES string of the molecule is CNCCCCC(=O)Nc1ccc(C2OCCO2)cc1. The zero-order chi connectivity index (χ0) is 14.2. The second kappa shape index (κ2) is 7.99. The lowest BCUT2D eigenvalue weighted by molar-refractivity contribution is -0.116. The molecular formula is C15H22N2O3. The van der Waals surface area contributed by atoms with Crippen molar-refractivity contribution in [3.05, 3.63) is 29.8 Å². The summed E-state index contributed by atoms with van der Waals surface area (Å²) in [7, 11) is 1.92. The van der Waals surface area contributed by atoms with Gasteiger partial charge in [-0.15, -0.1) is 0 Å². The van der Waals surface area contributed by atoms with Gasteiger partial charge in [0, 0.05) is 17.7 Å². The van der Waals surface area contributed by atoms with Gasteiger partial charge in [-0.25, -0.2) is 0 Å². The Morgan fingerprint density at radius 1 is 1.20 bits per heavy atom. The summed E-state index contributed by atoms with van der Waals surface area (Å²) in [4.78, 5) is 11.7. The summed E-state index contributed by atoms with van der Waals surface area (Å²) in [6.07, 6.45) is 2.20. The fourth-order valence-electron chi connectivity index (χ4n) is 2.09. The molecule has 2 N–H and O–H groups in total. The smallest absolute Gasteiger partial charge is 0.224 e. The summed E-state index contributed by atoms with van der Waals surface area (Å²) >= 11 is 0. The average Bonchev–Trinajstić information content (AvgIpc) is 2.99. The minimum Gasteiger partial charge on any atom is -0.346 e. The van der Waals surface area contributed by atoms with Crippen molar-refractivity contribution >= 4 is 11.6 Å². The number of ether oxygens (including phenoxy) is 2. The summed E-state index contributed by atoms with van der Waals surface area (Å²) in [5.41, 5.74) is 1.79. The van der Waals surface area contributed by atoms with Crippen molar-refractivity contribution in [2.45, 2.75) is 25.6 Å². The highest BCUT2D eigenvalue weighted by Crippen LogP contribution is 2.24. The van der Waals surface area contributed by atoms with E-state index in [1.165, 1.54) is 0 Å². The van der Waals surface area contributed by atoms with Gasteiger partial charge in [0.25, 0.3) is 0 Å². The van der Waals surface area contributed by atoms with Gasteiger partial charge in [-0.05, 0) is 38.6 Å². The van der Waals surface area contributed by atoms with Crippen molar-refractivity contribution < 1.29 is 14.3 Å². The van der Waals surface area contributed by atoms with Gasteiger partial charge in [0.15, 0.2) is 6.29 Å². The molecule has 1 aliphatic heterocycles. The van der Waals surface area contributed by atoms with E-state index in [0.717, 1.165) is 30.6 Å². The van der Waals surface area contributed by atoms with E-state index in [-0.39, 0.29) is 12.2 Å². The predicted molar refractivity (Wildman–Crippen MR) is 77.5 cm³/mol. The molecule has 5 heteroatoms. The standard InChI is InChI=1S/C15H22N2O3/c1-16-9-3-2-4-14(18)17-13-7-5-12(6-8-13)15-19-10-11-20-15/h5-8,15-16H,2-4,9-11H2,1H3,(H,17,18). The Labute approximate surface area is 119 Å². The minimum atomic E-state index is -0.263. The van der Waals surface area contributed by atoms with Gasteiger partial charge in [0.05, 0.1) is 13.2 Å². The second-order valence-corrected chi connectivity index (χ2v) is 4.80. The van der Waals surface area contributed by atoms with Crippen LogP contribution in [0.5, 0.6) is 0 Å². The number of nitrogens with one attached hydrogen (secondary N) is 2. The highest BCUT2D eigenvalue weighted by atomic mass is 16.7. The van der Waals surface area contributed by atoms with Crippen molar-refractivity contribution in [1.29, 1.82) is 0 Å². The maximum atomic E-state index is 11.7. The Kier molecular flexibility index (Phi) is 5.98. The van der Waals surface area contributed by atoms with Gasteiger partial charge in [-0.2, -0.15) is 0 Å². The van der Waals surface area contributed by atoms with Crippen LogP contribution in [0.1, 0.15) is 31.1 Å². The van der Waals surface area contributed by atoms with E-state index in [0.29, 0.717) is 19.6 Å². The molecule has 1 saturated heterocycles. The van der Waals surface area contributed by atoms with Crippen molar-refractivity contribution in [3.8, 4) is 0 Å². The maximum absolute atomic E-state index is 11.7. The first-order chi connectivity index (χ1) is 9.79.